The normalized spacial score (nSPS) is 10.2. The number of aromatic nitrogens is 2. The van der Waals surface area contributed by atoms with E-state index < -0.39 is 0 Å². The van der Waals surface area contributed by atoms with Crippen molar-refractivity contribution in [3.63, 3.8) is 0 Å². The summed E-state index contributed by atoms with van der Waals surface area (Å²) in [5, 5.41) is 3.23. The number of nitrogens with zero attached hydrogens (tertiary/aromatic N) is 3. The van der Waals surface area contributed by atoms with Crippen LogP contribution in [0.2, 0.25) is 0 Å². The van der Waals surface area contributed by atoms with Crippen LogP contribution in [0.1, 0.15) is 5.56 Å². The maximum absolute atomic E-state index is 5.75. The molecule has 0 amide bonds. The van der Waals surface area contributed by atoms with Gasteiger partial charge >= 0.3 is 0 Å². The van der Waals surface area contributed by atoms with Gasteiger partial charge in [-0.3, -0.25) is 0 Å². The minimum absolute atomic E-state index is 0.526. The molecule has 0 fully saturated rings. The molecule has 1 aromatic carbocycles. The zero-order valence-electron chi connectivity index (χ0n) is 10.4. The highest BCUT2D eigenvalue weighted by Gasteiger charge is 2.01. The molecule has 94 valence electrons. The Labute approximate surface area is 112 Å². The lowest BCUT2D eigenvalue weighted by Crippen LogP contribution is -2.13. The summed E-state index contributed by atoms with van der Waals surface area (Å²) in [4.78, 5) is 10.4. The van der Waals surface area contributed by atoms with Gasteiger partial charge in [0, 0.05) is 31.9 Å². The third-order valence-electron chi connectivity index (χ3n) is 2.42. The number of halogens is 1. The molecule has 2 aromatic rings. The lowest BCUT2D eigenvalue weighted by atomic mass is 10.2. The van der Waals surface area contributed by atoms with Crippen LogP contribution in [0.25, 0.3) is 0 Å². The van der Waals surface area contributed by atoms with Gasteiger partial charge in [-0.1, -0.05) is 12.1 Å². The minimum Gasteiger partial charge on any atom is -0.347 e. The van der Waals surface area contributed by atoms with Crippen molar-refractivity contribution < 1.29 is 0 Å². The highest BCUT2D eigenvalue weighted by atomic mass is 35.5. The average Bonchev–Trinajstić information content (AvgIpc) is 2.40. The van der Waals surface area contributed by atoms with Crippen LogP contribution in [0.15, 0.2) is 36.5 Å². The van der Waals surface area contributed by atoms with Gasteiger partial charge in [0.25, 0.3) is 0 Å². The number of benzene rings is 1. The first-order valence-electron chi connectivity index (χ1n) is 5.61. The number of hydrogen-bond donors (Lipinski definition) is 1. The van der Waals surface area contributed by atoms with Gasteiger partial charge in [0.1, 0.15) is 5.82 Å². The van der Waals surface area contributed by atoms with Crippen LogP contribution in [0.4, 0.5) is 17.5 Å². The van der Waals surface area contributed by atoms with Crippen molar-refractivity contribution in [1.82, 2.24) is 9.97 Å². The van der Waals surface area contributed by atoms with Crippen LogP contribution in [0.3, 0.4) is 0 Å². The summed E-state index contributed by atoms with van der Waals surface area (Å²) in [7, 11) is 3.82. The second-order valence-electron chi connectivity index (χ2n) is 4.09. The molecular weight excluding hydrogens is 248 g/mol. The second-order valence-corrected chi connectivity index (χ2v) is 4.36. The summed E-state index contributed by atoms with van der Waals surface area (Å²) < 4.78 is 0. The number of rotatable bonds is 4. The van der Waals surface area contributed by atoms with E-state index in [0.717, 1.165) is 17.1 Å². The molecule has 0 aliphatic carbocycles. The first kappa shape index (κ1) is 12.6. The number of nitrogens with one attached hydrogen (secondary N) is 1. The van der Waals surface area contributed by atoms with Crippen molar-refractivity contribution in [3.05, 3.63) is 42.1 Å². The van der Waals surface area contributed by atoms with E-state index in [2.05, 4.69) is 15.3 Å². The summed E-state index contributed by atoms with van der Waals surface area (Å²) in [6.45, 7) is 0. The molecule has 1 aromatic heterocycles. The van der Waals surface area contributed by atoms with E-state index in [4.69, 9.17) is 11.6 Å². The largest absolute Gasteiger partial charge is 0.347 e. The third-order valence-corrected chi connectivity index (χ3v) is 2.73. The molecule has 4 nitrogen and oxygen atoms in total. The first-order valence-corrected chi connectivity index (χ1v) is 6.15. The molecule has 2 rings (SSSR count). The van der Waals surface area contributed by atoms with Crippen molar-refractivity contribution in [2.75, 3.05) is 24.3 Å². The average molecular weight is 263 g/mol. The molecule has 0 saturated carbocycles. The molecule has 1 heterocycles. The zero-order chi connectivity index (χ0) is 13.0. The monoisotopic (exact) mass is 262 g/mol. The van der Waals surface area contributed by atoms with Crippen LogP contribution in [-0.4, -0.2) is 24.1 Å². The summed E-state index contributed by atoms with van der Waals surface area (Å²) in [6.07, 6.45) is 1.73. The number of alkyl halides is 1. The smallest absolute Gasteiger partial charge is 0.226 e. The molecule has 0 spiro atoms. The second kappa shape index (κ2) is 5.69. The van der Waals surface area contributed by atoms with Gasteiger partial charge in [0.15, 0.2) is 0 Å². The Morgan fingerprint density at radius 2 is 1.89 bits per heavy atom. The van der Waals surface area contributed by atoms with Crippen molar-refractivity contribution in [1.29, 1.82) is 0 Å². The maximum Gasteiger partial charge on any atom is 0.226 e. The summed E-state index contributed by atoms with van der Waals surface area (Å²) in [6, 6.07) is 9.78. The van der Waals surface area contributed by atoms with E-state index in [1.807, 2.05) is 49.3 Å². The van der Waals surface area contributed by atoms with E-state index >= 15 is 0 Å². The molecular formula is C13H15ClN4. The Morgan fingerprint density at radius 3 is 2.50 bits per heavy atom. The predicted molar refractivity (Wildman–Crippen MR) is 75.6 cm³/mol. The molecule has 0 aliphatic heterocycles. The molecule has 1 N–H and O–H groups in total. The molecule has 5 heteroatoms. The fourth-order valence-corrected chi connectivity index (χ4v) is 1.64. The summed E-state index contributed by atoms with van der Waals surface area (Å²) >= 11 is 5.75. The molecule has 0 saturated heterocycles. The van der Waals surface area contributed by atoms with Crippen molar-refractivity contribution >= 4 is 29.1 Å². The number of hydrogen-bond acceptors (Lipinski definition) is 4. The molecule has 0 unspecified atom stereocenters. The topological polar surface area (TPSA) is 41.1 Å². The Bertz CT molecular complexity index is 511. The Hall–Kier alpha value is -1.81. The van der Waals surface area contributed by atoms with Crippen LogP contribution < -0.4 is 10.2 Å². The van der Waals surface area contributed by atoms with E-state index in [1.165, 1.54) is 0 Å². The summed E-state index contributed by atoms with van der Waals surface area (Å²) in [5.41, 5.74) is 2.08. The van der Waals surface area contributed by atoms with Crippen molar-refractivity contribution in [2.24, 2.45) is 0 Å². The standard InChI is InChI=1S/C13H15ClN4/c1-18(2)13-15-8-7-12(17-13)16-11-5-3-10(9-14)4-6-11/h3-8H,9H2,1-2H3,(H,15,16,17). The zero-order valence-corrected chi connectivity index (χ0v) is 11.1. The van der Waals surface area contributed by atoms with E-state index in [9.17, 15) is 0 Å². The van der Waals surface area contributed by atoms with Crippen LogP contribution in [0.5, 0.6) is 0 Å². The summed E-state index contributed by atoms with van der Waals surface area (Å²) in [5.74, 6) is 1.98. The lowest BCUT2D eigenvalue weighted by molar-refractivity contribution is 1.00. The van der Waals surface area contributed by atoms with Crippen LogP contribution >= 0.6 is 11.6 Å². The Kier molecular flexibility index (Phi) is 3.99. The highest BCUT2D eigenvalue weighted by Crippen LogP contribution is 2.17. The highest BCUT2D eigenvalue weighted by molar-refractivity contribution is 6.17. The van der Waals surface area contributed by atoms with Gasteiger partial charge in [0.05, 0.1) is 0 Å². The van der Waals surface area contributed by atoms with Gasteiger partial charge < -0.3 is 10.2 Å². The molecule has 0 aliphatic rings. The van der Waals surface area contributed by atoms with Gasteiger partial charge in [-0.25, -0.2) is 4.98 Å². The Balaban J connectivity index is 2.15. The maximum atomic E-state index is 5.75. The first-order chi connectivity index (χ1) is 8.69. The fourth-order valence-electron chi connectivity index (χ4n) is 1.46. The quantitative estimate of drug-likeness (QED) is 0.860. The van der Waals surface area contributed by atoms with Gasteiger partial charge in [-0.05, 0) is 23.8 Å². The van der Waals surface area contributed by atoms with Gasteiger partial charge in [-0.15, -0.1) is 11.6 Å². The molecule has 0 radical (unpaired) electrons. The van der Waals surface area contributed by atoms with Gasteiger partial charge in [-0.2, -0.15) is 4.98 Å². The molecule has 18 heavy (non-hydrogen) atoms. The fraction of sp³-hybridized carbons (Fsp3) is 0.231. The molecule has 0 atom stereocenters. The Morgan fingerprint density at radius 1 is 1.17 bits per heavy atom. The van der Waals surface area contributed by atoms with Crippen molar-refractivity contribution in [3.8, 4) is 0 Å². The van der Waals surface area contributed by atoms with Crippen LogP contribution in [0, 0.1) is 0 Å². The number of anilines is 3. The predicted octanol–water partition coefficient (Wildman–Crippen LogP) is 3.03. The van der Waals surface area contributed by atoms with Crippen LogP contribution in [-0.2, 0) is 5.88 Å². The SMILES string of the molecule is CN(C)c1nccc(Nc2ccc(CCl)cc2)n1. The molecule has 0 bridgehead atoms. The van der Waals surface area contributed by atoms with Gasteiger partial charge in [0.2, 0.25) is 5.95 Å². The van der Waals surface area contributed by atoms with E-state index in [-0.39, 0.29) is 0 Å². The lowest BCUT2D eigenvalue weighted by Gasteiger charge is -2.11. The minimum atomic E-state index is 0.526. The third kappa shape index (κ3) is 3.11. The van der Waals surface area contributed by atoms with E-state index in [1.54, 1.807) is 6.20 Å². The van der Waals surface area contributed by atoms with E-state index in [0.29, 0.717) is 11.8 Å². The van der Waals surface area contributed by atoms with Crippen molar-refractivity contribution in [2.45, 2.75) is 5.88 Å².